The molecule has 1 aromatic rings. The first-order valence-electron chi connectivity index (χ1n) is 11.4. The lowest BCUT2D eigenvalue weighted by molar-refractivity contribution is -0.116. The Balaban J connectivity index is 1.90. The number of carbonyl (C=O) groups is 2. The van der Waals surface area contributed by atoms with Gasteiger partial charge < -0.3 is 10.2 Å². The number of benzene rings is 1. The van der Waals surface area contributed by atoms with Gasteiger partial charge in [0.25, 0.3) is 5.91 Å². The Morgan fingerprint density at radius 1 is 1.07 bits per heavy atom. The highest BCUT2D eigenvalue weighted by molar-refractivity contribution is 5.97. The Hall–Kier alpha value is -1.88. The lowest BCUT2D eigenvalue weighted by Crippen LogP contribution is -2.35. The SMILES string of the molecule is CC(=O)N1CCCCCCCN(C(C)C)Cc2cc(C(=O)NCC3CC3)ccc21. The highest BCUT2D eigenvalue weighted by Gasteiger charge is 2.23. The van der Waals surface area contributed by atoms with Crippen molar-refractivity contribution in [2.45, 2.75) is 78.3 Å². The molecule has 3 rings (SSSR count). The van der Waals surface area contributed by atoms with Gasteiger partial charge in [-0.2, -0.15) is 0 Å². The molecule has 0 aromatic heterocycles. The van der Waals surface area contributed by atoms with Crippen LogP contribution in [0.15, 0.2) is 18.2 Å². The molecule has 1 heterocycles. The average Bonchev–Trinajstić information content (AvgIpc) is 3.50. The highest BCUT2D eigenvalue weighted by Crippen LogP contribution is 2.29. The number of hydrogen-bond acceptors (Lipinski definition) is 3. The van der Waals surface area contributed by atoms with Crippen molar-refractivity contribution in [2.24, 2.45) is 5.92 Å². The fourth-order valence-corrected chi connectivity index (χ4v) is 4.08. The van der Waals surface area contributed by atoms with E-state index < -0.39 is 0 Å². The first-order chi connectivity index (χ1) is 14.0. The summed E-state index contributed by atoms with van der Waals surface area (Å²) in [5, 5.41) is 3.07. The van der Waals surface area contributed by atoms with Gasteiger partial charge in [0.05, 0.1) is 0 Å². The van der Waals surface area contributed by atoms with Crippen molar-refractivity contribution in [2.75, 3.05) is 24.5 Å². The van der Waals surface area contributed by atoms with Crippen molar-refractivity contribution in [1.82, 2.24) is 10.2 Å². The molecule has 0 unspecified atom stereocenters. The molecule has 1 fully saturated rings. The quantitative estimate of drug-likeness (QED) is 0.819. The Morgan fingerprint density at radius 2 is 1.76 bits per heavy atom. The first-order valence-corrected chi connectivity index (χ1v) is 11.4. The molecule has 5 nitrogen and oxygen atoms in total. The van der Waals surface area contributed by atoms with Crippen LogP contribution in [0.1, 0.15) is 81.6 Å². The van der Waals surface area contributed by atoms with E-state index in [-0.39, 0.29) is 11.8 Å². The van der Waals surface area contributed by atoms with E-state index >= 15 is 0 Å². The van der Waals surface area contributed by atoms with Crippen LogP contribution < -0.4 is 10.2 Å². The summed E-state index contributed by atoms with van der Waals surface area (Å²) in [5.74, 6) is 0.731. The van der Waals surface area contributed by atoms with Crippen molar-refractivity contribution in [3.05, 3.63) is 29.3 Å². The Labute approximate surface area is 175 Å². The van der Waals surface area contributed by atoms with E-state index in [4.69, 9.17) is 0 Å². The normalized spacial score (nSPS) is 19.2. The fourth-order valence-electron chi connectivity index (χ4n) is 4.08. The maximum atomic E-state index is 12.7. The summed E-state index contributed by atoms with van der Waals surface area (Å²) in [5.41, 5.74) is 2.74. The Kier molecular flexibility index (Phi) is 7.70. The molecule has 0 spiro atoms. The Bertz CT molecular complexity index is 712. The summed E-state index contributed by atoms with van der Waals surface area (Å²) in [6, 6.07) is 6.29. The van der Waals surface area contributed by atoms with Crippen molar-refractivity contribution in [3.8, 4) is 0 Å². The second-order valence-corrected chi connectivity index (χ2v) is 9.00. The predicted molar refractivity (Wildman–Crippen MR) is 118 cm³/mol. The van der Waals surface area contributed by atoms with Gasteiger partial charge in [0.15, 0.2) is 0 Å². The van der Waals surface area contributed by atoms with Crippen LogP contribution in [-0.4, -0.2) is 42.4 Å². The summed E-state index contributed by atoms with van der Waals surface area (Å²) in [7, 11) is 0. The Morgan fingerprint density at radius 3 is 2.41 bits per heavy atom. The molecule has 0 bridgehead atoms. The molecule has 1 aliphatic heterocycles. The van der Waals surface area contributed by atoms with E-state index in [0.717, 1.165) is 50.3 Å². The minimum atomic E-state index is -0.00344. The maximum Gasteiger partial charge on any atom is 0.251 e. The summed E-state index contributed by atoms with van der Waals surface area (Å²) in [6.45, 7) is 9.42. The van der Waals surface area contributed by atoms with Crippen molar-refractivity contribution < 1.29 is 9.59 Å². The topological polar surface area (TPSA) is 52.7 Å². The third kappa shape index (κ3) is 6.30. The zero-order chi connectivity index (χ0) is 20.8. The smallest absolute Gasteiger partial charge is 0.251 e. The average molecular weight is 400 g/mol. The van der Waals surface area contributed by atoms with E-state index in [2.05, 4.69) is 24.1 Å². The molecule has 5 heteroatoms. The monoisotopic (exact) mass is 399 g/mol. The third-order valence-corrected chi connectivity index (χ3v) is 6.19. The minimum absolute atomic E-state index is 0.00344. The third-order valence-electron chi connectivity index (χ3n) is 6.19. The number of nitrogens with one attached hydrogen (secondary N) is 1. The van der Waals surface area contributed by atoms with Crippen molar-refractivity contribution in [1.29, 1.82) is 0 Å². The molecular formula is C24H37N3O2. The van der Waals surface area contributed by atoms with Crippen LogP contribution in [0.4, 0.5) is 5.69 Å². The van der Waals surface area contributed by atoms with Crippen LogP contribution in [0.5, 0.6) is 0 Å². The molecule has 160 valence electrons. The van der Waals surface area contributed by atoms with E-state index in [0.29, 0.717) is 17.5 Å². The van der Waals surface area contributed by atoms with Gasteiger partial charge >= 0.3 is 0 Å². The number of hydrogen-bond donors (Lipinski definition) is 1. The number of fused-ring (bicyclic) bond motifs is 1. The molecule has 29 heavy (non-hydrogen) atoms. The van der Waals surface area contributed by atoms with Gasteiger partial charge in [-0.25, -0.2) is 0 Å². The van der Waals surface area contributed by atoms with Gasteiger partial charge in [-0.1, -0.05) is 19.3 Å². The minimum Gasteiger partial charge on any atom is -0.352 e. The van der Waals surface area contributed by atoms with E-state index in [9.17, 15) is 9.59 Å². The molecule has 1 N–H and O–H groups in total. The van der Waals surface area contributed by atoms with Gasteiger partial charge in [0.2, 0.25) is 5.91 Å². The summed E-state index contributed by atoms with van der Waals surface area (Å²) < 4.78 is 0. The van der Waals surface area contributed by atoms with Gasteiger partial charge in [-0.05, 0) is 75.8 Å². The number of rotatable bonds is 4. The first kappa shape index (κ1) is 21.8. The molecule has 1 saturated carbocycles. The zero-order valence-electron chi connectivity index (χ0n) is 18.4. The van der Waals surface area contributed by atoms with E-state index in [1.807, 2.05) is 23.1 Å². The highest BCUT2D eigenvalue weighted by atomic mass is 16.2. The summed E-state index contributed by atoms with van der Waals surface area (Å²) in [4.78, 5) is 29.5. The van der Waals surface area contributed by atoms with Crippen LogP contribution in [0.3, 0.4) is 0 Å². The second kappa shape index (κ2) is 10.2. The van der Waals surface area contributed by atoms with Gasteiger partial charge in [-0.3, -0.25) is 14.5 Å². The maximum absolute atomic E-state index is 12.7. The molecule has 0 atom stereocenters. The second-order valence-electron chi connectivity index (χ2n) is 9.00. The zero-order valence-corrected chi connectivity index (χ0v) is 18.4. The summed E-state index contributed by atoms with van der Waals surface area (Å²) in [6.07, 6.45) is 8.29. The molecule has 0 radical (unpaired) electrons. The lowest BCUT2D eigenvalue weighted by atomic mass is 10.0. The molecule has 0 saturated heterocycles. The lowest BCUT2D eigenvalue weighted by Gasteiger charge is -2.31. The molecule has 1 aromatic carbocycles. The molecule has 1 aliphatic carbocycles. The fraction of sp³-hybridized carbons (Fsp3) is 0.667. The summed E-state index contributed by atoms with van der Waals surface area (Å²) >= 11 is 0. The molecule has 2 aliphatic rings. The predicted octanol–water partition coefficient (Wildman–Crippen LogP) is 4.35. The molecule has 2 amide bonds. The van der Waals surface area contributed by atoms with Crippen LogP contribution in [0, 0.1) is 5.92 Å². The van der Waals surface area contributed by atoms with E-state index in [1.165, 1.54) is 32.1 Å². The van der Waals surface area contributed by atoms with Crippen LogP contribution in [0.2, 0.25) is 0 Å². The number of amides is 2. The van der Waals surface area contributed by atoms with Crippen LogP contribution >= 0.6 is 0 Å². The number of carbonyl (C=O) groups excluding carboxylic acids is 2. The van der Waals surface area contributed by atoms with Gasteiger partial charge in [0.1, 0.15) is 0 Å². The van der Waals surface area contributed by atoms with Crippen LogP contribution in [-0.2, 0) is 11.3 Å². The molecular weight excluding hydrogens is 362 g/mol. The number of anilines is 1. The standard InChI is InChI=1S/C24H37N3O2/c1-18(2)26-13-7-5-4-6-8-14-27(19(3)28)23-12-11-21(15-22(23)17-26)24(29)25-16-20-9-10-20/h11-12,15,18,20H,4-10,13-14,16-17H2,1-3H3,(H,25,29). The van der Waals surface area contributed by atoms with Crippen LogP contribution in [0.25, 0.3) is 0 Å². The van der Waals surface area contributed by atoms with Crippen molar-refractivity contribution in [3.63, 3.8) is 0 Å². The van der Waals surface area contributed by atoms with Gasteiger partial charge in [-0.15, -0.1) is 0 Å². The van der Waals surface area contributed by atoms with Crippen molar-refractivity contribution >= 4 is 17.5 Å². The van der Waals surface area contributed by atoms with Gasteiger partial charge in [0, 0.05) is 43.9 Å². The largest absolute Gasteiger partial charge is 0.352 e. The van der Waals surface area contributed by atoms with E-state index in [1.54, 1.807) is 6.92 Å². The number of nitrogens with zero attached hydrogens (tertiary/aromatic N) is 2.